The molecule has 4 heteroatoms. The lowest BCUT2D eigenvalue weighted by Gasteiger charge is -2.62. The smallest absolute Gasteiger partial charge is 0.222 e. The van der Waals surface area contributed by atoms with Crippen LogP contribution in [0.5, 0.6) is 0 Å². The van der Waals surface area contributed by atoms with Crippen LogP contribution in [0.2, 0.25) is 0 Å². The van der Waals surface area contributed by atoms with Crippen molar-refractivity contribution in [2.24, 2.45) is 28.6 Å². The summed E-state index contributed by atoms with van der Waals surface area (Å²) in [5.74, 6) is 2.63. The second-order valence-electron chi connectivity index (χ2n) is 11.5. The topological polar surface area (TPSA) is 40.6 Å². The standard InChI is InChI=1S/C26H44N2O2/c1-5-6-7-8-17-28(18-29)23-12-10-20-19-9-11-22-25(2,16-14-24(30)27(22)4)21(19)13-15-26(20,23)3/h18-23H,5-17H2,1-4H3/t19-,20-,21-,22+,23-,25+,26-/m0/s1. The van der Waals surface area contributed by atoms with Gasteiger partial charge >= 0.3 is 0 Å². The highest BCUT2D eigenvalue weighted by molar-refractivity contribution is 5.77. The summed E-state index contributed by atoms with van der Waals surface area (Å²) in [5, 5.41) is 0. The van der Waals surface area contributed by atoms with Crippen LogP contribution >= 0.6 is 0 Å². The van der Waals surface area contributed by atoms with Gasteiger partial charge in [-0.3, -0.25) is 9.59 Å². The van der Waals surface area contributed by atoms with Crippen molar-refractivity contribution < 1.29 is 9.59 Å². The number of hydrogen-bond acceptors (Lipinski definition) is 2. The fraction of sp³-hybridized carbons (Fsp3) is 0.923. The van der Waals surface area contributed by atoms with Crippen molar-refractivity contribution in [3.8, 4) is 0 Å². The number of nitrogens with zero attached hydrogens (tertiary/aromatic N) is 2. The Kier molecular flexibility index (Phi) is 6.25. The quantitative estimate of drug-likeness (QED) is 0.420. The van der Waals surface area contributed by atoms with Crippen LogP contribution in [0.1, 0.15) is 97.8 Å². The Labute approximate surface area is 184 Å². The van der Waals surface area contributed by atoms with Gasteiger partial charge in [0.05, 0.1) is 0 Å². The highest BCUT2D eigenvalue weighted by atomic mass is 16.2. The first kappa shape index (κ1) is 22.1. The summed E-state index contributed by atoms with van der Waals surface area (Å²) >= 11 is 0. The summed E-state index contributed by atoms with van der Waals surface area (Å²) in [7, 11) is 2.05. The van der Waals surface area contributed by atoms with Gasteiger partial charge < -0.3 is 9.80 Å². The first-order chi connectivity index (χ1) is 14.4. The molecule has 0 aromatic heterocycles. The summed E-state index contributed by atoms with van der Waals surface area (Å²) in [6, 6.07) is 0.871. The Morgan fingerprint density at radius 2 is 1.77 bits per heavy atom. The predicted molar refractivity (Wildman–Crippen MR) is 121 cm³/mol. The molecular weight excluding hydrogens is 372 g/mol. The van der Waals surface area contributed by atoms with E-state index in [0.29, 0.717) is 18.0 Å². The molecule has 0 N–H and O–H groups in total. The molecule has 4 aliphatic rings. The highest BCUT2D eigenvalue weighted by Crippen LogP contribution is 2.65. The highest BCUT2D eigenvalue weighted by Gasteiger charge is 2.61. The number of likely N-dealkylation sites (tertiary alicyclic amines) is 1. The van der Waals surface area contributed by atoms with Gasteiger partial charge in [0, 0.05) is 32.1 Å². The molecule has 2 amide bonds. The zero-order valence-electron chi connectivity index (χ0n) is 19.9. The van der Waals surface area contributed by atoms with Crippen LogP contribution in [0.3, 0.4) is 0 Å². The average molecular weight is 417 g/mol. The van der Waals surface area contributed by atoms with E-state index in [-0.39, 0.29) is 10.8 Å². The van der Waals surface area contributed by atoms with E-state index in [0.717, 1.165) is 50.0 Å². The molecule has 3 aliphatic carbocycles. The Bertz CT molecular complexity index is 651. The van der Waals surface area contributed by atoms with Crippen LogP contribution in [-0.4, -0.2) is 47.8 Å². The van der Waals surface area contributed by atoms with Crippen LogP contribution in [0.4, 0.5) is 0 Å². The fourth-order valence-electron chi connectivity index (χ4n) is 8.67. The number of hydrogen-bond donors (Lipinski definition) is 0. The minimum Gasteiger partial charge on any atom is -0.342 e. The first-order valence-electron chi connectivity index (χ1n) is 12.8. The van der Waals surface area contributed by atoms with E-state index in [9.17, 15) is 9.59 Å². The van der Waals surface area contributed by atoms with Crippen molar-refractivity contribution in [2.45, 2.75) is 110 Å². The van der Waals surface area contributed by atoms with E-state index in [1.807, 2.05) is 7.05 Å². The SMILES string of the molecule is CCCCCCN(C=O)[C@H]1CC[C@H]2[C@@H]3CC[C@H]4N(C)C(=O)CC[C@]4(C)[C@H]3CC[C@]12C. The van der Waals surface area contributed by atoms with Gasteiger partial charge in [-0.1, -0.05) is 40.0 Å². The van der Waals surface area contributed by atoms with Crippen LogP contribution in [0.25, 0.3) is 0 Å². The number of fused-ring (bicyclic) bond motifs is 5. The molecule has 1 heterocycles. The molecule has 0 aromatic rings. The normalized spacial score (nSPS) is 43.0. The summed E-state index contributed by atoms with van der Waals surface area (Å²) in [4.78, 5) is 28.7. The van der Waals surface area contributed by atoms with E-state index >= 15 is 0 Å². The van der Waals surface area contributed by atoms with Gasteiger partial charge in [-0.2, -0.15) is 0 Å². The Morgan fingerprint density at radius 1 is 1.00 bits per heavy atom. The summed E-state index contributed by atoms with van der Waals surface area (Å²) < 4.78 is 0. The lowest BCUT2D eigenvalue weighted by molar-refractivity contribution is -0.159. The van der Waals surface area contributed by atoms with Crippen molar-refractivity contribution in [3.63, 3.8) is 0 Å². The zero-order valence-corrected chi connectivity index (χ0v) is 19.9. The second kappa shape index (κ2) is 8.47. The van der Waals surface area contributed by atoms with Gasteiger partial charge in [0.2, 0.25) is 12.3 Å². The van der Waals surface area contributed by atoms with E-state index in [1.54, 1.807) is 0 Å². The lowest BCUT2D eigenvalue weighted by atomic mass is 9.47. The molecule has 1 saturated heterocycles. The van der Waals surface area contributed by atoms with Crippen molar-refractivity contribution >= 4 is 12.3 Å². The van der Waals surface area contributed by atoms with Gasteiger partial charge in [-0.05, 0) is 80.0 Å². The molecule has 0 radical (unpaired) electrons. The monoisotopic (exact) mass is 416 g/mol. The van der Waals surface area contributed by atoms with Crippen molar-refractivity contribution in [1.82, 2.24) is 9.80 Å². The minimum atomic E-state index is 0.284. The molecule has 0 bridgehead atoms. The van der Waals surface area contributed by atoms with Crippen LogP contribution < -0.4 is 0 Å². The maximum atomic E-state index is 12.4. The van der Waals surface area contributed by atoms with Crippen LogP contribution in [0.15, 0.2) is 0 Å². The number of amides is 2. The summed E-state index contributed by atoms with van der Waals surface area (Å²) in [5.41, 5.74) is 0.571. The lowest BCUT2D eigenvalue weighted by Crippen LogP contribution is -2.62. The van der Waals surface area contributed by atoms with E-state index in [2.05, 4.69) is 30.6 Å². The molecule has 1 aliphatic heterocycles. The number of unbranched alkanes of at least 4 members (excludes halogenated alkanes) is 3. The third-order valence-corrected chi connectivity index (χ3v) is 10.3. The molecule has 4 rings (SSSR count). The van der Waals surface area contributed by atoms with Gasteiger partial charge in [-0.15, -0.1) is 0 Å². The Balaban J connectivity index is 1.50. The van der Waals surface area contributed by atoms with Crippen LogP contribution in [0, 0.1) is 28.6 Å². The second-order valence-corrected chi connectivity index (χ2v) is 11.5. The molecule has 30 heavy (non-hydrogen) atoms. The predicted octanol–water partition coefficient (Wildman–Crippen LogP) is 5.26. The molecule has 0 spiro atoms. The number of rotatable bonds is 7. The average Bonchev–Trinajstić information content (AvgIpc) is 3.08. The number of carbonyl (C=O) groups is 2. The molecule has 0 unspecified atom stereocenters. The molecule has 7 atom stereocenters. The molecule has 3 saturated carbocycles. The number of piperidine rings is 1. The first-order valence-corrected chi connectivity index (χ1v) is 12.8. The van der Waals surface area contributed by atoms with Crippen LogP contribution in [-0.2, 0) is 9.59 Å². The van der Waals surface area contributed by atoms with Gasteiger partial charge in [0.1, 0.15) is 0 Å². The summed E-state index contributed by atoms with van der Waals surface area (Å²) in [6.45, 7) is 8.20. The largest absolute Gasteiger partial charge is 0.342 e. The van der Waals surface area contributed by atoms with Crippen molar-refractivity contribution in [2.75, 3.05) is 13.6 Å². The zero-order chi connectivity index (χ0) is 21.5. The maximum Gasteiger partial charge on any atom is 0.222 e. The third kappa shape index (κ3) is 3.41. The maximum absolute atomic E-state index is 12.4. The molecule has 4 nitrogen and oxygen atoms in total. The van der Waals surface area contributed by atoms with Gasteiger partial charge in [-0.25, -0.2) is 0 Å². The van der Waals surface area contributed by atoms with E-state index in [1.165, 1.54) is 57.8 Å². The third-order valence-electron chi connectivity index (χ3n) is 10.3. The van der Waals surface area contributed by atoms with Gasteiger partial charge in [0.25, 0.3) is 0 Å². The van der Waals surface area contributed by atoms with Crippen molar-refractivity contribution in [3.05, 3.63) is 0 Å². The van der Waals surface area contributed by atoms with E-state index < -0.39 is 0 Å². The van der Waals surface area contributed by atoms with E-state index in [4.69, 9.17) is 0 Å². The van der Waals surface area contributed by atoms with Crippen molar-refractivity contribution in [1.29, 1.82) is 0 Å². The molecule has 4 fully saturated rings. The molecule has 170 valence electrons. The molecule has 0 aromatic carbocycles. The molecular formula is C26H44N2O2. The van der Waals surface area contributed by atoms with Gasteiger partial charge in [0.15, 0.2) is 0 Å². The Morgan fingerprint density at radius 3 is 2.50 bits per heavy atom. The fourth-order valence-corrected chi connectivity index (χ4v) is 8.67. The minimum absolute atomic E-state index is 0.284. The summed E-state index contributed by atoms with van der Waals surface area (Å²) in [6.07, 6.45) is 15.3. The Hall–Kier alpha value is -1.06. The number of carbonyl (C=O) groups excluding carboxylic acids is 2.